The van der Waals surface area contributed by atoms with Gasteiger partial charge in [-0.05, 0) is 38.6 Å². The summed E-state index contributed by atoms with van der Waals surface area (Å²) < 4.78 is 6.00. The molecule has 2 aliphatic heterocycles. The third kappa shape index (κ3) is 2.14. The van der Waals surface area contributed by atoms with Gasteiger partial charge < -0.3 is 10.5 Å². The van der Waals surface area contributed by atoms with E-state index in [4.69, 9.17) is 15.5 Å². The van der Waals surface area contributed by atoms with Crippen LogP contribution in [0.2, 0.25) is 0 Å². The Balaban J connectivity index is 1.56. The molecule has 3 unspecified atom stereocenters. The first-order valence-corrected chi connectivity index (χ1v) is 7.78. The molecule has 1 aliphatic carbocycles. The average Bonchev–Trinajstić information content (AvgIpc) is 2.94. The van der Waals surface area contributed by atoms with Gasteiger partial charge in [-0.1, -0.05) is 0 Å². The van der Waals surface area contributed by atoms with E-state index in [1.807, 2.05) is 6.20 Å². The van der Waals surface area contributed by atoms with E-state index in [1.165, 1.54) is 19.4 Å². The van der Waals surface area contributed by atoms with Crippen LogP contribution in [-0.4, -0.2) is 40.6 Å². The van der Waals surface area contributed by atoms with Gasteiger partial charge in [0, 0.05) is 36.1 Å². The van der Waals surface area contributed by atoms with Gasteiger partial charge in [-0.2, -0.15) is 0 Å². The van der Waals surface area contributed by atoms with Crippen molar-refractivity contribution in [2.24, 2.45) is 5.73 Å². The van der Waals surface area contributed by atoms with Gasteiger partial charge in [0.1, 0.15) is 6.10 Å². The second-order valence-corrected chi connectivity index (χ2v) is 6.24. The van der Waals surface area contributed by atoms with Gasteiger partial charge in [0.2, 0.25) is 0 Å². The highest BCUT2D eigenvalue weighted by atomic mass is 16.5. The number of hydrogen-bond acceptors (Lipinski definition) is 5. The predicted octanol–water partition coefficient (Wildman–Crippen LogP) is 1.35. The zero-order valence-electron chi connectivity index (χ0n) is 11.8. The lowest BCUT2D eigenvalue weighted by Crippen LogP contribution is -2.43. The molecule has 5 nitrogen and oxygen atoms in total. The number of nitrogens with two attached hydrogens (primary N) is 1. The Hall–Kier alpha value is -1.04. The van der Waals surface area contributed by atoms with Gasteiger partial charge in [-0.25, -0.2) is 9.97 Å². The Bertz CT molecular complexity index is 507. The number of aryl methyl sites for hydroxylation is 1. The van der Waals surface area contributed by atoms with Crippen LogP contribution in [0.25, 0.3) is 0 Å². The van der Waals surface area contributed by atoms with Gasteiger partial charge in [0.05, 0.1) is 6.61 Å². The van der Waals surface area contributed by atoms with Crippen LogP contribution in [0.15, 0.2) is 6.20 Å². The Morgan fingerprint density at radius 3 is 3.20 bits per heavy atom. The quantitative estimate of drug-likeness (QED) is 0.837. The molecular formula is C15H22N4O. The summed E-state index contributed by atoms with van der Waals surface area (Å²) in [5, 5.41) is 0. The molecule has 5 heteroatoms. The molecule has 0 amide bonds. The Labute approximate surface area is 119 Å². The van der Waals surface area contributed by atoms with Crippen LogP contribution in [0.3, 0.4) is 0 Å². The minimum Gasteiger partial charge on any atom is -0.367 e. The summed E-state index contributed by atoms with van der Waals surface area (Å²) in [5.41, 5.74) is 8.40. The lowest BCUT2D eigenvalue weighted by Gasteiger charge is -2.34. The molecule has 0 saturated carbocycles. The molecule has 3 aliphatic rings. The molecule has 0 radical (unpaired) electrons. The molecule has 2 saturated heterocycles. The van der Waals surface area contributed by atoms with Crippen molar-refractivity contribution >= 4 is 0 Å². The first-order chi connectivity index (χ1) is 9.81. The van der Waals surface area contributed by atoms with Crippen molar-refractivity contribution in [3.8, 4) is 0 Å². The van der Waals surface area contributed by atoms with E-state index in [2.05, 4.69) is 9.88 Å². The van der Waals surface area contributed by atoms with Crippen LogP contribution in [0, 0.1) is 0 Å². The zero-order valence-corrected chi connectivity index (χ0v) is 11.8. The van der Waals surface area contributed by atoms with E-state index in [1.54, 1.807) is 0 Å². The fraction of sp³-hybridized carbons (Fsp3) is 0.733. The summed E-state index contributed by atoms with van der Waals surface area (Å²) in [6, 6.07) is 0.736. The number of rotatable bonds is 1. The van der Waals surface area contributed by atoms with Gasteiger partial charge >= 0.3 is 0 Å². The molecule has 1 aromatic heterocycles. The van der Waals surface area contributed by atoms with Crippen LogP contribution >= 0.6 is 0 Å². The van der Waals surface area contributed by atoms with Crippen LogP contribution in [0.4, 0.5) is 0 Å². The van der Waals surface area contributed by atoms with Crippen molar-refractivity contribution in [3.63, 3.8) is 0 Å². The third-order valence-corrected chi connectivity index (χ3v) is 4.92. The van der Waals surface area contributed by atoms with Crippen molar-refractivity contribution in [2.45, 2.75) is 50.3 Å². The first-order valence-electron chi connectivity index (χ1n) is 7.78. The summed E-state index contributed by atoms with van der Waals surface area (Å²) in [5.74, 6) is 0.850. The minimum atomic E-state index is 0.0350. The minimum absolute atomic E-state index is 0.0350. The number of morpholine rings is 1. The largest absolute Gasteiger partial charge is 0.367 e. The number of fused-ring (bicyclic) bond motifs is 2. The molecule has 3 heterocycles. The molecule has 108 valence electrons. The fourth-order valence-corrected chi connectivity index (χ4v) is 3.73. The maximum Gasteiger partial charge on any atom is 0.158 e. The Kier molecular flexibility index (Phi) is 3.21. The van der Waals surface area contributed by atoms with Crippen molar-refractivity contribution < 1.29 is 4.74 Å². The summed E-state index contributed by atoms with van der Waals surface area (Å²) in [4.78, 5) is 11.8. The van der Waals surface area contributed by atoms with E-state index >= 15 is 0 Å². The van der Waals surface area contributed by atoms with Crippen LogP contribution in [0.1, 0.15) is 54.9 Å². The molecule has 2 N–H and O–H groups in total. The summed E-state index contributed by atoms with van der Waals surface area (Å²) >= 11 is 0. The van der Waals surface area contributed by atoms with Crippen LogP contribution in [-0.2, 0) is 11.2 Å². The molecule has 0 aromatic carbocycles. The Morgan fingerprint density at radius 2 is 2.25 bits per heavy atom. The summed E-state index contributed by atoms with van der Waals surface area (Å²) in [7, 11) is 0. The SMILES string of the molecule is NC1CCCc2nc(C3CN4CCCC4CO3)ncc21. The Morgan fingerprint density at radius 1 is 1.30 bits per heavy atom. The van der Waals surface area contributed by atoms with E-state index < -0.39 is 0 Å². The number of nitrogens with zero attached hydrogens (tertiary/aromatic N) is 3. The molecule has 0 spiro atoms. The standard InChI is InChI=1S/C15H22N4O/c16-12-4-1-5-13-11(12)7-17-15(18-13)14-8-19-6-2-3-10(19)9-20-14/h7,10,12,14H,1-6,8-9,16H2. The topological polar surface area (TPSA) is 64.3 Å². The smallest absolute Gasteiger partial charge is 0.158 e. The number of hydrogen-bond donors (Lipinski definition) is 1. The van der Waals surface area contributed by atoms with Crippen molar-refractivity contribution in [3.05, 3.63) is 23.3 Å². The third-order valence-electron chi connectivity index (χ3n) is 4.92. The average molecular weight is 274 g/mol. The van der Waals surface area contributed by atoms with E-state index in [9.17, 15) is 0 Å². The molecule has 4 rings (SSSR count). The molecule has 1 aromatic rings. The van der Waals surface area contributed by atoms with E-state index in [0.29, 0.717) is 6.04 Å². The fourth-order valence-electron chi connectivity index (χ4n) is 3.73. The predicted molar refractivity (Wildman–Crippen MR) is 75.2 cm³/mol. The normalized spacial score (nSPS) is 33.8. The van der Waals surface area contributed by atoms with Crippen molar-refractivity contribution in [2.75, 3.05) is 19.7 Å². The van der Waals surface area contributed by atoms with Gasteiger partial charge in [-0.3, -0.25) is 4.90 Å². The summed E-state index contributed by atoms with van der Waals surface area (Å²) in [6.45, 7) is 2.96. The molecule has 20 heavy (non-hydrogen) atoms. The highest BCUT2D eigenvalue weighted by molar-refractivity contribution is 5.24. The number of ether oxygens (including phenoxy) is 1. The van der Waals surface area contributed by atoms with Gasteiger partial charge in [0.15, 0.2) is 5.82 Å². The zero-order chi connectivity index (χ0) is 13.5. The first kappa shape index (κ1) is 12.7. The highest BCUT2D eigenvalue weighted by Crippen LogP contribution is 2.31. The van der Waals surface area contributed by atoms with Crippen LogP contribution < -0.4 is 5.73 Å². The molecule has 3 atom stereocenters. The van der Waals surface area contributed by atoms with Gasteiger partial charge in [0.25, 0.3) is 0 Å². The lowest BCUT2D eigenvalue weighted by molar-refractivity contribution is -0.0542. The lowest BCUT2D eigenvalue weighted by atomic mass is 9.93. The highest BCUT2D eigenvalue weighted by Gasteiger charge is 2.34. The van der Waals surface area contributed by atoms with E-state index in [-0.39, 0.29) is 12.1 Å². The number of aromatic nitrogens is 2. The van der Waals surface area contributed by atoms with Crippen LogP contribution in [0.5, 0.6) is 0 Å². The second kappa shape index (κ2) is 5.06. The van der Waals surface area contributed by atoms with E-state index in [0.717, 1.165) is 49.5 Å². The van der Waals surface area contributed by atoms with Crippen molar-refractivity contribution in [1.82, 2.24) is 14.9 Å². The summed E-state index contributed by atoms with van der Waals surface area (Å²) in [6.07, 6.45) is 7.73. The van der Waals surface area contributed by atoms with Gasteiger partial charge in [-0.15, -0.1) is 0 Å². The maximum absolute atomic E-state index is 6.13. The maximum atomic E-state index is 6.13. The molecule has 0 bridgehead atoms. The molecular weight excluding hydrogens is 252 g/mol. The molecule has 2 fully saturated rings. The monoisotopic (exact) mass is 274 g/mol. The van der Waals surface area contributed by atoms with Crippen molar-refractivity contribution in [1.29, 1.82) is 0 Å². The second-order valence-electron chi connectivity index (χ2n) is 6.24.